The highest BCUT2D eigenvalue weighted by Gasteiger charge is 2.28. The van der Waals surface area contributed by atoms with Crippen LogP contribution in [-0.2, 0) is 11.2 Å². The molecule has 5 heteroatoms. The maximum absolute atomic E-state index is 13.3. The smallest absolute Gasteiger partial charge is 0.339 e. The average Bonchev–Trinajstić information content (AvgIpc) is 3.43. The molecule has 4 aromatic rings. The summed E-state index contributed by atoms with van der Waals surface area (Å²) in [6, 6.07) is 17.3. The number of ether oxygens (including phenoxy) is 1. The number of pyridine rings is 1. The molecule has 0 fully saturated rings. The quantitative estimate of drug-likeness (QED) is 0.365. The summed E-state index contributed by atoms with van der Waals surface area (Å²) in [5.41, 5.74) is 4.79. The van der Waals surface area contributed by atoms with Crippen molar-refractivity contribution in [1.29, 1.82) is 0 Å². The van der Waals surface area contributed by atoms with E-state index in [-0.39, 0.29) is 5.82 Å². The van der Waals surface area contributed by atoms with Crippen molar-refractivity contribution in [3.63, 3.8) is 0 Å². The highest BCUT2D eigenvalue weighted by atomic mass is 19.1. The van der Waals surface area contributed by atoms with Crippen molar-refractivity contribution < 1.29 is 18.3 Å². The van der Waals surface area contributed by atoms with Crippen molar-refractivity contribution in [3.05, 3.63) is 101 Å². The van der Waals surface area contributed by atoms with Crippen molar-refractivity contribution in [2.75, 3.05) is 0 Å². The van der Waals surface area contributed by atoms with Crippen LogP contribution in [0.4, 0.5) is 4.39 Å². The number of para-hydroxylation sites is 1. The van der Waals surface area contributed by atoms with E-state index in [1.807, 2.05) is 42.5 Å². The molecule has 1 aliphatic carbocycles. The first-order valence-electron chi connectivity index (χ1n) is 10.2. The minimum Gasteiger partial charge on any atom is -0.465 e. The molecule has 2 aromatic heterocycles. The number of carbonyl (C=O) groups excluding carboxylic acids is 1. The van der Waals surface area contributed by atoms with E-state index in [0.29, 0.717) is 12.0 Å². The lowest BCUT2D eigenvalue weighted by atomic mass is 10.0. The molecule has 1 atom stereocenters. The molecule has 0 radical (unpaired) electrons. The average molecular weight is 413 g/mol. The van der Waals surface area contributed by atoms with Gasteiger partial charge in [0.25, 0.3) is 0 Å². The Labute approximate surface area is 179 Å². The Kier molecular flexibility index (Phi) is 4.86. The van der Waals surface area contributed by atoms with Gasteiger partial charge < -0.3 is 9.15 Å². The lowest BCUT2D eigenvalue weighted by molar-refractivity contribution is 0.0339. The number of allylic oxidation sites excluding steroid dienone is 1. The number of aromatic nitrogens is 1. The van der Waals surface area contributed by atoms with E-state index in [1.165, 1.54) is 12.1 Å². The van der Waals surface area contributed by atoms with Gasteiger partial charge in [0.1, 0.15) is 17.7 Å². The van der Waals surface area contributed by atoms with Gasteiger partial charge >= 0.3 is 5.97 Å². The molecular formula is C26H20FNO3. The maximum atomic E-state index is 13.3. The summed E-state index contributed by atoms with van der Waals surface area (Å²) in [7, 11) is 0. The molecule has 0 amide bonds. The van der Waals surface area contributed by atoms with E-state index in [4.69, 9.17) is 14.1 Å². The van der Waals surface area contributed by atoms with Crippen LogP contribution in [0.5, 0.6) is 0 Å². The summed E-state index contributed by atoms with van der Waals surface area (Å²) in [6.45, 7) is 1.79. The second kappa shape index (κ2) is 7.84. The fourth-order valence-corrected chi connectivity index (χ4v) is 4.08. The molecule has 0 unspecified atom stereocenters. The van der Waals surface area contributed by atoms with Crippen LogP contribution in [0.3, 0.4) is 0 Å². The number of benzene rings is 2. The lowest BCUT2D eigenvalue weighted by Crippen LogP contribution is -2.13. The molecule has 2 aromatic carbocycles. The minimum absolute atomic E-state index is 0.323. The lowest BCUT2D eigenvalue weighted by Gasteiger charge is -2.17. The Hall–Kier alpha value is -3.73. The van der Waals surface area contributed by atoms with Gasteiger partial charge in [-0.3, -0.25) is 0 Å². The second-order valence-corrected chi connectivity index (χ2v) is 7.62. The summed E-state index contributed by atoms with van der Waals surface area (Å²) in [5, 5.41) is 0.775. The molecule has 0 aliphatic heterocycles. The van der Waals surface area contributed by atoms with E-state index < -0.39 is 12.1 Å². The van der Waals surface area contributed by atoms with Crippen LogP contribution in [0.15, 0.2) is 71.3 Å². The predicted molar refractivity (Wildman–Crippen MR) is 117 cm³/mol. The molecular weight excluding hydrogens is 393 g/mol. The third-order valence-electron chi connectivity index (χ3n) is 5.63. The number of halogens is 1. The topological polar surface area (TPSA) is 52.3 Å². The van der Waals surface area contributed by atoms with Crippen molar-refractivity contribution in [3.8, 4) is 0 Å². The Balaban J connectivity index is 1.56. The number of esters is 1. The van der Waals surface area contributed by atoms with Gasteiger partial charge in [-0.05, 0) is 72.9 Å². The predicted octanol–water partition coefficient (Wildman–Crippen LogP) is 6.37. The zero-order valence-electron chi connectivity index (χ0n) is 17.0. The number of fused-ring (bicyclic) bond motifs is 2. The number of rotatable bonds is 4. The number of hydrogen-bond donors (Lipinski definition) is 0. The molecule has 2 heterocycles. The highest BCUT2D eigenvalue weighted by Crippen LogP contribution is 2.38. The SMILES string of the molecule is C[C@@H](OC(=O)c1c2c(nc3ccccc13)C(=Cc1ccco1)CC2)c1ccc(F)cc1. The van der Waals surface area contributed by atoms with Gasteiger partial charge in [-0.25, -0.2) is 14.2 Å². The van der Waals surface area contributed by atoms with Crippen LogP contribution in [0, 0.1) is 5.82 Å². The van der Waals surface area contributed by atoms with Gasteiger partial charge in [-0.15, -0.1) is 0 Å². The van der Waals surface area contributed by atoms with Crippen molar-refractivity contribution in [1.82, 2.24) is 4.98 Å². The summed E-state index contributed by atoms with van der Waals surface area (Å²) < 4.78 is 24.5. The number of hydrogen-bond acceptors (Lipinski definition) is 4. The molecule has 0 spiro atoms. The molecule has 4 nitrogen and oxygen atoms in total. The first-order chi connectivity index (χ1) is 15.1. The Morgan fingerprint density at radius 1 is 1.10 bits per heavy atom. The molecule has 31 heavy (non-hydrogen) atoms. The molecule has 0 N–H and O–H groups in total. The van der Waals surface area contributed by atoms with Gasteiger partial charge in [-0.1, -0.05) is 30.3 Å². The molecule has 5 rings (SSSR count). The van der Waals surface area contributed by atoms with Gasteiger partial charge in [0.2, 0.25) is 0 Å². The zero-order valence-corrected chi connectivity index (χ0v) is 17.0. The van der Waals surface area contributed by atoms with Gasteiger partial charge in [0.05, 0.1) is 23.0 Å². The van der Waals surface area contributed by atoms with Crippen molar-refractivity contribution >= 4 is 28.5 Å². The third kappa shape index (κ3) is 3.63. The number of nitrogens with zero attached hydrogens (tertiary/aromatic N) is 1. The van der Waals surface area contributed by atoms with Crippen LogP contribution in [-0.4, -0.2) is 11.0 Å². The van der Waals surface area contributed by atoms with Gasteiger partial charge in [-0.2, -0.15) is 0 Å². The summed E-state index contributed by atoms with van der Waals surface area (Å²) in [4.78, 5) is 18.2. The van der Waals surface area contributed by atoms with E-state index in [1.54, 1.807) is 25.3 Å². The monoisotopic (exact) mass is 413 g/mol. The maximum Gasteiger partial charge on any atom is 0.339 e. The molecule has 0 saturated heterocycles. The largest absolute Gasteiger partial charge is 0.465 e. The third-order valence-corrected chi connectivity index (χ3v) is 5.63. The second-order valence-electron chi connectivity index (χ2n) is 7.62. The Bertz CT molecular complexity index is 1290. The van der Waals surface area contributed by atoms with Crippen molar-refractivity contribution in [2.24, 2.45) is 0 Å². The fraction of sp³-hybridized carbons (Fsp3) is 0.154. The normalized spacial score (nSPS) is 15.2. The van der Waals surface area contributed by atoms with E-state index in [2.05, 4.69) is 0 Å². The highest BCUT2D eigenvalue weighted by molar-refractivity contribution is 6.07. The van der Waals surface area contributed by atoms with Crippen LogP contribution < -0.4 is 0 Å². The van der Waals surface area contributed by atoms with Gasteiger partial charge in [0, 0.05) is 5.39 Å². The molecule has 1 aliphatic rings. The first kappa shape index (κ1) is 19.2. The number of carbonyl (C=O) groups is 1. The van der Waals surface area contributed by atoms with Crippen LogP contribution in [0.25, 0.3) is 22.6 Å². The van der Waals surface area contributed by atoms with E-state index in [9.17, 15) is 9.18 Å². The minimum atomic E-state index is -0.504. The molecule has 0 saturated carbocycles. The van der Waals surface area contributed by atoms with E-state index >= 15 is 0 Å². The number of furan rings is 1. The van der Waals surface area contributed by atoms with E-state index in [0.717, 1.165) is 45.5 Å². The van der Waals surface area contributed by atoms with Crippen molar-refractivity contribution in [2.45, 2.75) is 25.9 Å². The van der Waals surface area contributed by atoms with Crippen LogP contribution >= 0.6 is 0 Å². The van der Waals surface area contributed by atoms with Crippen LogP contribution in [0.1, 0.15) is 52.4 Å². The summed E-state index contributed by atoms with van der Waals surface area (Å²) in [5.74, 6) is 0.0360. The zero-order chi connectivity index (χ0) is 21.4. The fourth-order valence-electron chi connectivity index (χ4n) is 4.08. The summed E-state index contributed by atoms with van der Waals surface area (Å²) >= 11 is 0. The standard InChI is InChI=1S/C26H20FNO3/c1-16(17-8-11-19(27)12-9-17)31-26(29)24-21-6-2-3-7-23(21)28-25-18(10-13-22(24)25)15-20-5-4-14-30-20/h2-9,11-12,14-16H,10,13H2,1H3/t16-/m1/s1. The first-order valence-corrected chi connectivity index (χ1v) is 10.2. The Morgan fingerprint density at radius 2 is 1.90 bits per heavy atom. The Morgan fingerprint density at radius 3 is 2.68 bits per heavy atom. The van der Waals surface area contributed by atoms with Gasteiger partial charge in [0.15, 0.2) is 0 Å². The van der Waals surface area contributed by atoms with Crippen LogP contribution in [0.2, 0.25) is 0 Å². The molecule has 154 valence electrons. The molecule has 0 bridgehead atoms. The summed E-state index contributed by atoms with van der Waals surface area (Å²) in [6.07, 6.45) is 4.58.